The lowest BCUT2D eigenvalue weighted by Gasteiger charge is -2.35. The van der Waals surface area contributed by atoms with Gasteiger partial charge < -0.3 is 4.98 Å². The zero-order valence-corrected chi connectivity index (χ0v) is 14.9. The zero-order valence-electron chi connectivity index (χ0n) is 14.9. The fourth-order valence-corrected chi connectivity index (χ4v) is 3.66. The van der Waals surface area contributed by atoms with Gasteiger partial charge in [0.15, 0.2) is 5.82 Å². The summed E-state index contributed by atoms with van der Waals surface area (Å²) in [5.41, 5.74) is 2.13. The van der Waals surface area contributed by atoms with Crippen molar-refractivity contribution in [3.8, 4) is 11.5 Å². The van der Waals surface area contributed by atoms with Gasteiger partial charge in [-0.15, -0.1) is 0 Å². The predicted molar refractivity (Wildman–Crippen MR) is 101 cm³/mol. The second kappa shape index (κ2) is 7.80. The summed E-state index contributed by atoms with van der Waals surface area (Å²) in [4.78, 5) is 26.3. The summed E-state index contributed by atoms with van der Waals surface area (Å²) in [6, 6.07) is 13.8. The van der Waals surface area contributed by atoms with Gasteiger partial charge in [0, 0.05) is 18.8 Å². The molecule has 0 amide bonds. The van der Waals surface area contributed by atoms with Crippen LogP contribution < -0.4 is 5.56 Å². The third-order valence-electron chi connectivity index (χ3n) is 4.90. The Balaban J connectivity index is 1.65. The van der Waals surface area contributed by atoms with Gasteiger partial charge in [0.25, 0.3) is 5.56 Å². The van der Waals surface area contributed by atoms with Crippen molar-refractivity contribution in [3.63, 3.8) is 0 Å². The summed E-state index contributed by atoms with van der Waals surface area (Å²) in [5.74, 6) is 0.252. The highest BCUT2D eigenvalue weighted by molar-refractivity contribution is 5.48. The Hall–Kier alpha value is -2.86. The van der Waals surface area contributed by atoms with E-state index in [0.29, 0.717) is 18.1 Å². The smallest absolute Gasteiger partial charge is 0.251 e. The van der Waals surface area contributed by atoms with E-state index in [1.54, 1.807) is 24.4 Å². The van der Waals surface area contributed by atoms with Crippen LogP contribution in [0, 0.1) is 5.82 Å². The van der Waals surface area contributed by atoms with Gasteiger partial charge in [-0.3, -0.25) is 14.7 Å². The maximum Gasteiger partial charge on any atom is 0.251 e. The summed E-state index contributed by atoms with van der Waals surface area (Å²) in [6.07, 6.45) is 4.77. The van der Waals surface area contributed by atoms with Gasteiger partial charge in [0.2, 0.25) is 0 Å². The molecule has 27 heavy (non-hydrogen) atoms. The molecule has 6 heteroatoms. The van der Waals surface area contributed by atoms with Crippen LogP contribution in [0.3, 0.4) is 0 Å². The molecule has 3 aromatic rings. The normalized spacial score (nSPS) is 17.7. The number of likely N-dealkylation sites (tertiary alicyclic amines) is 1. The van der Waals surface area contributed by atoms with E-state index in [1.165, 1.54) is 6.07 Å². The number of hydrogen-bond donors (Lipinski definition) is 1. The SMILES string of the molecule is O=c1cc([C@H]2CCCCN2Cc2cccc(F)c2)nc(-c2ccccn2)[nH]1. The molecular weight excluding hydrogens is 343 g/mol. The molecule has 1 aromatic carbocycles. The van der Waals surface area contributed by atoms with Crippen LogP contribution in [0.1, 0.15) is 36.6 Å². The third kappa shape index (κ3) is 4.11. The summed E-state index contributed by atoms with van der Waals surface area (Å²) in [6.45, 7) is 1.53. The van der Waals surface area contributed by atoms with Gasteiger partial charge >= 0.3 is 0 Å². The number of aromatic nitrogens is 3. The maximum atomic E-state index is 13.6. The number of hydrogen-bond acceptors (Lipinski definition) is 4. The van der Waals surface area contributed by atoms with Gasteiger partial charge in [0.1, 0.15) is 11.5 Å². The quantitative estimate of drug-likeness (QED) is 0.767. The van der Waals surface area contributed by atoms with E-state index in [2.05, 4.69) is 14.9 Å². The molecular formula is C21H21FN4O. The van der Waals surface area contributed by atoms with Crippen molar-refractivity contribution in [2.24, 2.45) is 0 Å². The number of piperidine rings is 1. The minimum absolute atomic E-state index is 0.0341. The topological polar surface area (TPSA) is 61.9 Å². The van der Waals surface area contributed by atoms with Gasteiger partial charge in [0.05, 0.1) is 11.7 Å². The number of halogens is 1. The van der Waals surface area contributed by atoms with Crippen LogP contribution >= 0.6 is 0 Å². The molecule has 0 spiro atoms. The molecule has 0 aliphatic carbocycles. The molecule has 1 N–H and O–H groups in total. The number of rotatable bonds is 4. The molecule has 0 radical (unpaired) electrons. The average Bonchev–Trinajstić information content (AvgIpc) is 2.69. The third-order valence-corrected chi connectivity index (χ3v) is 4.90. The highest BCUT2D eigenvalue weighted by atomic mass is 19.1. The Labute approximate surface area is 156 Å². The fraction of sp³-hybridized carbons (Fsp3) is 0.286. The largest absolute Gasteiger partial charge is 0.305 e. The van der Waals surface area contributed by atoms with Gasteiger partial charge in [-0.05, 0) is 49.2 Å². The standard InChI is InChI=1S/C21H21FN4O/c22-16-7-5-6-15(12-16)14-26-11-4-2-9-19(26)18-13-20(27)25-21(24-18)17-8-1-3-10-23-17/h1,3,5-8,10,12-13,19H,2,4,9,11,14H2,(H,24,25,27)/t19-/m1/s1. The molecule has 4 rings (SSSR count). The lowest BCUT2D eigenvalue weighted by molar-refractivity contribution is 0.137. The molecule has 0 unspecified atom stereocenters. The van der Waals surface area contributed by atoms with Crippen LogP contribution in [-0.4, -0.2) is 26.4 Å². The van der Waals surface area contributed by atoms with Crippen molar-refractivity contribution < 1.29 is 4.39 Å². The van der Waals surface area contributed by atoms with Crippen LogP contribution in [-0.2, 0) is 6.54 Å². The fourth-order valence-electron chi connectivity index (χ4n) is 3.66. The Morgan fingerprint density at radius 2 is 2.07 bits per heavy atom. The molecule has 0 bridgehead atoms. The van der Waals surface area contributed by atoms with Crippen molar-refractivity contribution in [1.82, 2.24) is 19.9 Å². The van der Waals surface area contributed by atoms with Crippen molar-refractivity contribution in [2.75, 3.05) is 6.54 Å². The Morgan fingerprint density at radius 3 is 2.89 bits per heavy atom. The summed E-state index contributed by atoms with van der Waals surface area (Å²) >= 11 is 0. The minimum Gasteiger partial charge on any atom is -0.305 e. The van der Waals surface area contributed by atoms with Crippen LogP contribution in [0.25, 0.3) is 11.5 Å². The monoisotopic (exact) mass is 364 g/mol. The van der Waals surface area contributed by atoms with Crippen LogP contribution in [0.15, 0.2) is 59.5 Å². The summed E-state index contributed by atoms with van der Waals surface area (Å²) in [5, 5.41) is 0. The molecule has 1 aliphatic rings. The molecule has 5 nitrogen and oxygen atoms in total. The number of nitrogens with one attached hydrogen (secondary N) is 1. The van der Waals surface area contributed by atoms with Gasteiger partial charge in [-0.1, -0.05) is 24.6 Å². The van der Waals surface area contributed by atoms with Crippen molar-refractivity contribution in [2.45, 2.75) is 31.8 Å². The van der Waals surface area contributed by atoms with E-state index < -0.39 is 0 Å². The van der Waals surface area contributed by atoms with Crippen LogP contribution in [0.2, 0.25) is 0 Å². The second-order valence-corrected chi connectivity index (χ2v) is 6.85. The van der Waals surface area contributed by atoms with Gasteiger partial charge in [-0.2, -0.15) is 0 Å². The molecule has 1 aliphatic heterocycles. The van der Waals surface area contributed by atoms with Crippen LogP contribution in [0.5, 0.6) is 0 Å². The van der Waals surface area contributed by atoms with Crippen molar-refractivity contribution in [1.29, 1.82) is 0 Å². The summed E-state index contributed by atoms with van der Waals surface area (Å²) in [7, 11) is 0. The first-order valence-electron chi connectivity index (χ1n) is 9.20. The minimum atomic E-state index is -0.229. The Kier molecular flexibility index (Phi) is 5.07. The first-order chi connectivity index (χ1) is 13.2. The second-order valence-electron chi connectivity index (χ2n) is 6.85. The highest BCUT2D eigenvalue weighted by Gasteiger charge is 2.26. The molecule has 3 heterocycles. The molecule has 138 valence electrons. The first kappa shape index (κ1) is 17.5. The van der Waals surface area contributed by atoms with Crippen LogP contribution in [0.4, 0.5) is 4.39 Å². The summed E-state index contributed by atoms with van der Waals surface area (Å²) < 4.78 is 13.6. The van der Waals surface area contributed by atoms with Crippen molar-refractivity contribution in [3.05, 3.63) is 82.2 Å². The first-order valence-corrected chi connectivity index (χ1v) is 9.20. The average molecular weight is 364 g/mol. The van der Waals surface area contributed by atoms with Gasteiger partial charge in [-0.25, -0.2) is 9.37 Å². The van der Waals surface area contributed by atoms with E-state index in [4.69, 9.17) is 4.98 Å². The number of pyridine rings is 1. The number of nitrogens with zero attached hydrogens (tertiary/aromatic N) is 3. The lowest BCUT2D eigenvalue weighted by atomic mass is 9.98. The number of aromatic amines is 1. The van der Waals surface area contributed by atoms with Crippen molar-refractivity contribution >= 4 is 0 Å². The maximum absolute atomic E-state index is 13.6. The van der Waals surface area contributed by atoms with E-state index in [-0.39, 0.29) is 17.4 Å². The molecule has 1 saturated heterocycles. The number of H-pyrrole nitrogens is 1. The van der Waals surface area contributed by atoms with E-state index >= 15 is 0 Å². The van der Waals surface area contributed by atoms with E-state index in [9.17, 15) is 9.18 Å². The molecule has 1 fully saturated rings. The van der Waals surface area contributed by atoms with E-state index in [0.717, 1.165) is 37.1 Å². The Bertz CT molecular complexity index is 973. The lowest BCUT2D eigenvalue weighted by Crippen LogP contribution is -2.34. The predicted octanol–water partition coefficient (Wildman–Crippen LogP) is 3.70. The van der Waals surface area contributed by atoms with E-state index in [1.807, 2.05) is 24.3 Å². The molecule has 2 aromatic heterocycles. The molecule has 1 atom stereocenters. The molecule has 0 saturated carbocycles. The Morgan fingerprint density at radius 1 is 1.15 bits per heavy atom. The highest BCUT2D eigenvalue weighted by Crippen LogP contribution is 2.31. The zero-order chi connectivity index (χ0) is 18.6. The number of benzene rings is 1.